The highest BCUT2D eigenvalue weighted by Gasteiger charge is 2.19. The lowest BCUT2D eigenvalue weighted by Crippen LogP contribution is -2.05. The zero-order chi connectivity index (χ0) is 13.5. The van der Waals surface area contributed by atoms with Crippen LogP contribution in [0.4, 0.5) is 0 Å². The molecule has 1 nitrogen and oxygen atoms in total. The molecule has 0 bridgehead atoms. The Bertz CT molecular complexity index is 377. The molecule has 2 rings (SSSR count). The Hall–Kier alpha value is -0.980. The minimum Gasteiger partial charge on any atom is -0.507 e. The fourth-order valence-electron chi connectivity index (χ4n) is 3.30. The second-order valence-corrected chi connectivity index (χ2v) is 6.00. The second-order valence-electron chi connectivity index (χ2n) is 6.00. The number of hydrogen-bond donors (Lipinski definition) is 1. The third-order valence-electron chi connectivity index (χ3n) is 4.50. The van der Waals surface area contributed by atoms with Gasteiger partial charge in [0.25, 0.3) is 0 Å². The van der Waals surface area contributed by atoms with Gasteiger partial charge in [0.15, 0.2) is 0 Å². The Morgan fingerprint density at radius 1 is 1.05 bits per heavy atom. The molecular formula is C18H28O. The summed E-state index contributed by atoms with van der Waals surface area (Å²) in [6.07, 6.45) is 12.6. The van der Waals surface area contributed by atoms with Gasteiger partial charge in [0.2, 0.25) is 0 Å². The topological polar surface area (TPSA) is 20.2 Å². The fourth-order valence-corrected chi connectivity index (χ4v) is 3.30. The van der Waals surface area contributed by atoms with Gasteiger partial charge in [-0.2, -0.15) is 0 Å². The lowest BCUT2D eigenvalue weighted by atomic mass is 9.83. The molecule has 1 aromatic rings. The molecular weight excluding hydrogens is 232 g/mol. The van der Waals surface area contributed by atoms with Crippen molar-refractivity contribution in [3.63, 3.8) is 0 Å². The fraction of sp³-hybridized carbons (Fsp3) is 0.667. The van der Waals surface area contributed by atoms with Crippen LogP contribution in [-0.4, -0.2) is 5.11 Å². The normalized spacial score (nSPS) is 16.7. The highest BCUT2D eigenvalue weighted by atomic mass is 16.3. The van der Waals surface area contributed by atoms with Gasteiger partial charge in [-0.15, -0.1) is 0 Å². The van der Waals surface area contributed by atoms with E-state index in [1.54, 1.807) is 0 Å². The van der Waals surface area contributed by atoms with E-state index in [1.807, 2.05) is 0 Å². The number of aromatic hydroxyl groups is 1. The molecule has 1 heteroatoms. The van der Waals surface area contributed by atoms with Gasteiger partial charge in [0.05, 0.1) is 0 Å². The Labute approximate surface area is 118 Å². The van der Waals surface area contributed by atoms with E-state index < -0.39 is 0 Å². The van der Waals surface area contributed by atoms with Gasteiger partial charge in [0.1, 0.15) is 5.75 Å². The third kappa shape index (κ3) is 3.99. The van der Waals surface area contributed by atoms with E-state index in [1.165, 1.54) is 68.9 Å². The lowest BCUT2D eigenvalue weighted by Gasteiger charge is -2.23. The van der Waals surface area contributed by atoms with Crippen molar-refractivity contribution >= 4 is 0 Å². The number of para-hydroxylation sites is 1. The van der Waals surface area contributed by atoms with Crippen molar-refractivity contribution in [2.45, 2.75) is 77.0 Å². The van der Waals surface area contributed by atoms with Gasteiger partial charge >= 0.3 is 0 Å². The Morgan fingerprint density at radius 2 is 1.84 bits per heavy atom. The molecule has 1 aliphatic carbocycles. The summed E-state index contributed by atoms with van der Waals surface area (Å²) in [7, 11) is 0. The number of rotatable bonds is 6. The van der Waals surface area contributed by atoms with E-state index >= 15 is 0 Å². The molecule has 19 heavy (non-hydrogen) atoms. The van der Waals surface area contributed by atoms with Crippen molar-refractivity contribution in [3.05, 3.63) is 29.3 Å². The maximum absolute atomic E-state index is 10.5. The van der Waals surface area contributed by atoms with Gasteiger partial charge in [-0.25, -0.2) is 0 Å². The summed E-state index contributed by atoms with van der Waals surface area (Å²) in [6.45, 7) is 2.24. The van der Waals surface area contributed by atoms with E-state index in [0.717, 1.165) is 6.42 Å². The van der Waals surface area contributed by atoms with Crippen LogP contribution in [0.1, 0.15) is 81.8 Å². The summed E-state index contributed by atoms with van der Waals surface area (Å²) in [5, 5.41) is 10.5. The highest BCUT2D eigenvalue weighted by molar-refractivity contribution is 5.42. The predicted molar refractivity (Wildman–Crippen MR) is 81.8 cm³/mol. The van der Waals surface area contributed by atoms with Crippen molar-refractivity contribution < 1.29 is 5.11 Å². The van der Waals surface area contributed by atoms with Crippen LogP contribution in [0.15, 0.2) is 18.2 Å². The molecule has 0 atom stereocenters. The molecule has 1 N–H and O–H groups in total. The summed E-state index contributed by atoms with van der Waals surface area (Å²) in [4.78, 5) is 0. The van der Waals surface area contributed by atoms with Crippen molar-refractivity contribution in [1.82, 2.24) is 0 Å². The number of aryl methyl sites for hydroxylation is 1. The van der Waals surface area contributed by atoms with Crippen LogP contribution in [0, 0.1) is 0 Å². The predicted octanol–water partition coefficient (Wildman–Crippen LogP) is 5.56. The molecule has 1 fully saturated rings. The number of benzene rings is 1. The van der Waals surface area contributed by atoms with Crippen LogP contribution in [0.3, 0.4) is 0 Å². The van der Waals surface area contributed by atoms with Crippen molar-refractivity contribution in [2.75, 3.05) is 0 Å². The maximum atomic E-state index is 10.5. The summed E-state index contributed by atoms with van der Waals surface area (Å²) in [5.74, 6) is 1.20. The molecule has 1 aromatic carbocycles. The van der Waals surface area contributed by atoms with Crippen LogP contribution in [0.25, 0.3) is 0 Å². The van der Waals surface area contributed by atoms with Gasteiger partial charge in [-0.05, 0) is 42.7 Å². The van der Waals surface area contributed by atoms with E-state index in [0.29, 0.717) is 11.7 Å². The minimum atomic E-state index is 0.601. The molecule has 0 saturated heterocycles. The molecule has 1 aliphatic rings. The summed E-state index contributed by atoms with van der Waals surface area (Å²) >= 11 is 0. The zero-order valence-electron chi connectivity index (χ0n) is 12.3. The van der Waals surface area contributed by atoms with Crippen molar-refractivity contribution in [3.8, 4) is 5.75 Å². The molecule has 0 heterocycles. The average Bonchev–Trinajstić information content (AvgIpc) is 2.46. The molecule has 1 saturated carbocycles. The molecule has 0 aromatic heterocycles. The highest BCUT2D eigenvalue weighted by Crippen LogP contribution is 2.38. The number of unbranched alkanes of at least 4 members (excludes halogenated alkanes) is 3. The number of phenols is 1. The van der Waals surface area contributed by atoms with Crippen LogP contribution in [0.2, 0.25) is 0 Å². The first kappa shape index (κ1) is 14.4. The van der Waals surface area contributed by atoms with Crippen molar-refractivity contribution in [2.24, 2.45) is 0 Å². The third-order valence-corrected chi connectivity index (χ3v) is 4.50. The average molecular weight is 260 g/mol. The van der Waals surface area contributed by atoms with Gasteiger partial charge < -0.3 is 5.11 Å². The van der Waals surface area contributed by atoms with Gasteiger partial charge in [-0.3, -0.25) is 0 Å². The quantitative estimate of drug-likeness (QED) is 0.664. The van der Waals surface area contributed by atoms with Crippen LogP contribution >= 0.6 is 0 Å². The molecule has 0 aliphatic heterocycles. The summed E-state index contributed by atoms with van der Waals surface area (Å²) in [6, 6.07) is 6.38. The number of phenolic OH excluding ortho intramolecular Hbond substituents is 1. The maximum Gasteiger partial charge on any atom is 0.122 e. The Balaban J connectivity index is 2.00. The number of hydrogen-bond acceptors (Lipinski definition) is 1. The lowest BCUT2D eigenvalue weighted by molar-refractivity contribution is 0.410. The van der Waals surface area contributed by atoms with Crippen LogP contribution < -0.4 is 0 Å². The first-order valence-corrected chi connectivity index (χ1v) is 8.13. The SMILES string of the molecule is CCCCCCc1cccc(C2CCCCC2)c1O. The summed E-state index contributed by atoms with van der Waals surface area (Å²) in [5.41, 5.74) is 2.38. The second kappa shape index (κ2) is 7.57. The molecule has 106 valence electrons. The zero-order valence-corrected chi connectivity index (χ0v) is 12.3. The van der Waals surface area contributed by atoms with E-state index in [9.17, 15) is 5.11 Å². The van der Waals surface area contributed by atoms with E-state index in [2.05, 4.69) is 25.1 Å². The van der Waals surface area contributed by atoms with Crippen LogP contribution in [-0.2, 0) is 6.42 Å². The van der Waals surface area contributed by atoms with E-state index in [-0.39, 0.29) is 0 Å². The summed E-state index contributed by atoms with van der Waals surface area (Å²) < 4.78 is 0. The largest absolute Gasteiger partial charge is 0.507 e. The Kier molecular flexibility index (Phi) is 5.75. The van der Waals surface area contributed by atoms with Gasteiger partial charge in [-0.1, -0.05) is 63.6 Å². The first-order chi connectivity index (χ1) is 9.33. The smallest absolute Gasteiger partial charge is 0.122 e. The monoisotopic (exact) mass is 260 g/mol. The van der Waals surface area contributed by atoms with E-state index in [4.69, 9.17) is 0 Å². The molecule has 0 spiro atoms. The van der Waals surface area contributed by atoms with Crippen molar-refractivity contribution in [1.29, 1.82) is 0 Å². The standard InChI is InChI=1S/C18H28O/c1-2-3-4-6-12-16-13-9-14-17(18(16)19)15-10-7-5-8-11-15/h9,13-15,19H,2-8,10-12H2,1H3. The Morgan fingerprint density at radius 3 is 2.58 bits per heavy atom. The minimum absolute atomic E-state index is 0.601. The molecule has 0 unspecified atom stereocenters. The van der Waals surface area contributed by atoms with Crippen LogP contribution in [0.5, 0.6) is 5.75 Å². The first-order valence-electron chi connectivity index (χ1n) is 8.13. The van der Waals surface area contributed by atoms with Gasteiger partial charge in [0, 0.05) is 0 Å². The molecule has 0 amide bonds. The molecule has 0 radical (unpaired) electrons.